The average molecular weight is 325 g/mol. The summed E-state index contributed by atoms with van der Waals surface area (Å²) >= 11 is 0. The highest BCUT2D eigenvalue weighted by Crippen LogP contribution is 2.08. The summed E-state index contributed by atoms with van der Waals surface area (Å²) < 4.78 is 4.59. The summed E-state index contributed by atoms with van der Waals surface area (Å²) in [6.45, 7) is 1.71. The molecule has 0 spiro atoms. The van der Waals surface area contributed by atoms with E-state index in [1.54, 1.807) is 55.5 Å². The summed E-state index contributed by atoms with van der Waals surface area (Å²) in [5.74, 6) is -1.62. The molecule has 0 heterocycles. The first kappa shape index (κ1) is 17.1. The lowest BCUT2D eigenvalue weighted by atomic mass is 10.00. The predicted octanol–water partition coefficient (Wildman–Crippen LogP) is 3.02. The van der Waals surface area contributed by atoms with E-state index in [4.69, 9.17) is 0 Å². The molecule has 122 valence electrons. The van der Waals surface area contributed by atoms with Gasteiger partial charge in [-0.25, -0.2) is 4.79 Å². The Hall–Kier alpha value is -3.28. The van der Waals surface area contributed by atoms with Gasteiger partial charge in [-0.2, -0.15) is 0 Å². The van der Waals surface area contributed by atoms with Gasteiger partial charge in [-0.05, 0) is 6.92 Å². The molecular formula is C18H15NO5. The smallest absolute Gasteiger partial charge is 0.433 e. The first-order valence-corrected chi connectivity index (χ1v) is 7.24. The van der Waals surface area contributed by atoms with Crippen molar-refractivity contribution in [2.45, 2.75) is 6.92 Å². The summed E-state index contributed by atoms with van der Waals surface area (Å²) in [6.07, 6.45) is -1.05. The fourth-order valence-corrected chi connectivity index (χ4v) is 1.88. The molecule has 2 aromatic carbocycles. The predicted molar refractivity (Wildman–Crippen MR) is 86.9 cm³/mol. The van der Waals surface area contributed by atoms with E-state index in [9.17, 15) is 14.4 Å². The number of ether oxygens (including phenoxy) is 1. The van der Waals surface area contributed by atoms with Gasteiger partial charge in [0.15, 0.2) is 5.71 Å². The van der Waals surface area contributed by atoms with Gasteiger partial charge >= 0.3 is 6.16 Å². The van der Waals surface area contributed by atoms with Gasteiger partial charge in [-0.15, -0.1) is 0 Å². The molecule has 0 aromatic heterocycles. The number of hydrogen-bond donors (Lipinski definition) is 0. The van der Waals surface area contributed by atoms with Crippen molar-refractivity contribution >= 4 is 23.4 Å². The highest BCUT2D eigenvalue weighted by atomic mass is 16.8. The van der Waals surface area contributed by atoms with Crippen molar-refractivity contribution in [3.63, 3.8) is 0 Å². The van der Waals surface area contributed by atoms with Crippen molar-refractivity contribution in [2.24, 2.45) is 5.16 Å². The Morgan fingerprint density at radius 3 is 1.96 bits per heavy atom. The number of benzene rings is 2. The third-order valence-electron chi connectivity index (χ3n) is 2.98. The molecule has 0 aliphatic rings. The number of carbonyl (C=O) groups is 3. The summed E-state index contributed by atoms with van der Waals surface area (Å²) in [5, 5.41) is 3.53. The van der Waals surface area contributed by atoms with Gasteiger partial charge in [0.25, 0.3) is 5.78 Å². The lowest BCUT2D eigenvalue weighted by Gasteiger charge is -2.05. The van der Waals surface area contributed by atoms with E-state index in [0.29, 0.717) is 5.56 Å². The van der Waals surface area contributed by atoms with Crippen molar-refractivity contribution in [2.75, 3.05) is 6.61 Å². The van der Waals surface area contributed by atoms with Crippen LogP contribution in [0.3, 0.4) is 0 Å². The van der Waals surface area contributed by atoms with E-state index in [1.807, 2.05) is 0 Å². The van der Waals surface area contributed by atoms with Gasteiger partial charge in [0, 0.05) is 11.1 Å². The number of hydrogen-bond acceptors (Lipinski definition) is 6. The number of carbonyl (C=O) groups excluding carboxylic acids is 3. The van der Waals surface area contributed by atoms with Crippen LogP contribution in [-0.2, 0) is 14.4 Å². The Kier molecular flexibility index (Phi) is 5.96. The second kappa shape index (κ2) is 8.38. The number of oxime groups is 1. The van der Waals surface area contributed by atoms with Crippen LogP contribution in [0.4, 0.5) is 4.79 Å². The van der Waals surface area contributed by atoms with E-state index >= 15 is 0 Å². The zero-order chi connectivity index (χ0) is 17.4. The molecule has 0 amide bonds. The molecule has 24 heavy (non-hydrogen) atoms. The average Bonchev–Trinajstić information content (AvgIpc) is 2.63. The maximum absolute atomic E-state index is 12.5. The molecule has 2 rings (SSSR count). The minimum atomic E-state index is -1.05. The second-order valence-electron chi connectivity index (χ2n) is 4.60. The molecule has 0 unspecified atom stereocenters. The molecule has 0 aliphatic carbocycles. The van der Waals surface area contributed by atoms with Crippen LogP contribution in [0.1, 0.15) is 22.8 Å². The summed E-state index contributed by atoms with van der Waals surface area (Å²) in [5.41, 5.74) is 0.316. The fraction of sp³-hybridized carbons (Fsp3) is 0.111. The quantitative estimate of drug-likeness (QED) is 0.204. The van der Waals surface area contributed by atoms with Gasteiger partial charge in [0.1, 0.15) is 0 Å². The Bertz CT molecular complexity index is 753. The fourth-order valence-electron chi connectivity index (χ4n) is 1.88. The van der Waals surface area contributed by atoms with Gasteiger partial charge in [0.2, 0.25) is 5.78 Å². The van der Waals surface area contributed by atoms with E-state index in [1.165, 1.54) is 12.1 Å². The van der Waals surface area contributed by atoms with Crippen molar-refractivity contribution in [3.05, 3.63) is 71.8 Å². The molecule has 0 bridgehead atoms. The monoisotopic (exact) mass is 325 g/mol. The first-order valence-electron chi connectivity index (χ1n) is 7.24. The summed E-state index contributed by atoms with van der Waals surface area (Å²) in [7, 11) is 0. The maximum Gasteiger partial charge on any atom is 0.535 e. The van der Waals surface area contributed by atoms with Crippen LogP contribution < -0.4 is 0 Å². The minimum absolute atomic E-state index is 0.103. The van der Waals surface area contributed by atoms with Crippen molar-refractivity contribution in [3.8, 4) is 0 Å². The van der Waals surface area contributed by atoms with Crippen LogP contribution in [0.2, 0.25) is 0 Å². The van der Waals surface area contributed by atoms with Gasteiger partial charge in [-0.3, -0.25) is 14.4 Å². The number of Topliss-reactive ketones (excluding diaryl/α,β-unsaturated/α-hetero) is 2. The van der Waals surface area contributed by atoms with Crippen LogP contribution in [-0.4, -0.2) is 30.0 Å². The van der Waals surface area contributed by atoms with Crippen LogP contribution >= 0.6 is 0 Å². The topological polar surface area (TPSA) is 82.0 Å². The molecule has 0 saturated heterocycles. The Balaban J connectivity index is 2.32. The van der Waals surface area contributed by atoms with Gasteiger partial charge in [0.05, 0.1) is 6.61 Å². The summed E-state index contributed by atoms with van der Waals surface area (Å²) in [4.78, 5) is 40.7. The van der Waals surface area contributed by atoms with Crippen LogP contribution in [0.15, 0.2) is 65.8 Å². The largest absolute Gasteiger partial charge is 0.535 e. The normalized spacial score (nSPS) is 10.8. The molecular weight excluding hydrogens is 310 g/mol. The minimum Gasteiger partial charge on any atom is -0.433 e. The molecule has 0 N–H and O–H groups in total. The lowest BCUT2D eigenvalue weighted by Crippen LogP contribution is -2.26. The molecule has 0 atom stereocenters. The highest BCUT2D eigenvalue weighted by molar-refractivity contribution is 6.71. The number of rotatable bonds is 6. The van der Waals surface area contributed by atoms with Crippen LogP contribution in [0.5, 0.6) is 0 Å². The zero-order valence-corrected chi connectivity index (χ0v) is 13.0. The molecule has 0 aliphatic heterocycles. The van der Waals surface area contributed by atoms with Crippen LogP contribution in [0, 0.1) is 0 Å². The van der Waals surface area contributed by atoms with Gasteiger partial charge in [-0.1, -0.05) is 65.8 Å². The molecule has 0 fully saturated rings. The second-order valence-corrected chi connectivity index (χ2v) is 4.60. The number of nitrogens with zero attached hydrogens (tertiary/aromatic N) is 1. The third-order valence-corrected chi connectivity index (χ3v) is 2.98. The van der Waals surface area contributed by atoms with E-state index in [2.05, 4.69) is 14.7 Å². The molecule has 6 nitrogen and oxygen atoms in total. The maximum atomic E-state index is 12.5. The lowest BCUT2D eigenvalue weighted by molar-refractivity contribution is -0.109. The summed E-state index contributed by atoms with van der Waals surface area (Å²) in [6, 6.07) is 16.3. The Labute approximate surface area is 138 Å². The first-order chi connectivity index (χ1) is 11.6. The third kappa shape index (κ3) is 4.36. The van der Waals surface area contributed by atoms with Crippen LogP contribution in [0.25, 0.3) is 0 Å². The molecule has 6 heteroatoms. The highest BCUT2D eigenvalue weighted by Gasteiger charge is 2.24. The molecule has 0 radical (unpaired) electrons. The molecule has 2 aromatic rings. The van der Waals surface area contributed by atoms with Crippen molar-refractivity contribution in [1.29, 1.82) is 0 Å². The van der Waals surface area contributed by atoms with E-state index < -0.39 is 17.7 Å². The molecule has 0 saturated carbocycles. The Morgan fingerprint density at radius 1 is 0.875 bits per heavy atom. The Morgan fingerprint density at radius 2 is 1.42 bits per heavy atom. The van der Waals surface area contributed by atoms with Gasteiger partial charge < -0.3 is 4.74 Å². The zero-order valence-electron chi connectivity index (χ0n) is 13.0. The van der Waals surface area contributed by atoms with Crippen molar-refractivity contribution < 1.29 is 24.0 Å². The standard InChI is InChI=1S/C18H15NO5/c1-2-23-18(22)24-19-15(13-9-5-3-6-10-13)17(21)16(20)14-11-7-4-8-12-14/h3-12H,2H2,1H3/b19-15+. The van der Waals surface area contributed by atoms with E-state index in [0.717, 1.165) is 0 Å². The van der Waals surface area contributed by atoms with Crippen molar-refractivity contribution in [1.82, 2.24) is 0 Å². The SMILES string of the molecule is CCOC(=O)O/N=C(/C(=O)C(=O)c1ccccc1)c1ccccc1. The van der Waals surface area contributed by atoms with E-state index in [-0.39, 0.29) is 17.9 Å². The number of ketones is 2.